The average molecular weight is 356 g/mol. The van der Waals surface area contributed by atoms with E-state index in [1.165, 1.54) is 29.5 Å². The molecule has 1 fully saturated rings. The predicted octanol–water partition coefficient (Wildman–Crippen LogP) is 4.82. The lowest BCUT2D eigenvalue weighted by molar-refractivity contribution is -0.134. The number of hydrogen-bond acceptors (Lipinski definition) is 2. The van der Waals surface area contributed by atoms with Crippen LogP contribution in [0.25, 0.3) is 0 Å². The summed E-state index contributed by atoms with van der Waals surface area (Å²) in [6.45, 7) is 12.3. The normalized spacial score (nSPS) is 23.8. The van der Waals surface area contributed by atoms with Crippen LogP contribution >= 0.6 is 0 Å². The molecule has 1 amide bonds. The molecule has 1 saturated heterocycles. The number of rotatable bonds is 4. The fourth-order valence-corrected chi connectivity index (χ4v) is 4.83. The van der Waals surface area contributed by atoms with Crippen LogP contribution < -0.4 is 0 Å². The molecule has 1 aliphatic carbocycles. The minimum atomic E-state index is 0.162. The van der Waals surface area contributed by atoms with Crippen molar-refractivity contribution in [2.45, 2.75) is 59.8 Å². The fourth-order valence-electron chi connectivity index (χ4n) is 4.83. The number of carbonyl (C=O) groups is 1. The number of phenols is 1. The Balaban J connectivity index is 1.81. The molecule has 0 bridgehead atoms. The van der Waals surface area contributed by atoms with E-state index in [1.54, 1.807) is 6.92 Å². The molecule has 1 aliphatic heterocycles. The number of phenolic OH excluding ortho intramolecular Hbond substituents is 1. The largest absolute Gasteiger partial charge is 0.508 e. The summed E-state index contributed by atoms with van der Waals surface area (Å²) >= 11 is 0. The van der Waals surface area contributed by atoms with Gasteiger partial charge in [0.2, 0.25) is 5.91 Å². The van der Waals surface area contributed by atoms with E-state index in [9.17, 15) is 9.90 Å². The minimum Gasteiger partial charge on any atom is -0.508 e. The molecule has 1 aromatic carbocycles. The molecule has 3 heteroatoms. The van der Waals surface area contributed by atoms with Crippen molar-refractivity contribution < 1.29 is 9.90 Å². The number of likely N-dealkylation sites (tertiary alicyclic amines) is 1. The zero-order valence-electron chi connectivity index (χ0n) is 16.9. The molecule has 3 rings (SSSR count). The van der Waals surface area contributed by atoms with Gasteiger partial charge in [-0.15, -0.1) is 0 Å². The molecule has 0 spiro atoms. The minimum absolute atomic E-state index is 0.162. The van der Waals surface area contributed by atoms with Crippen LogP contribution in [0, 0.1) is 24.7 Å². The SMILES string of the molecule is CC(=O)N1CC(Cc2cc(C)c(C3C=C(C)CCC3C(C)C)c(O)c2)C1. The van der Waals surface area contributed by atoms with Crippen molar-refractivity contribution in [2.75, 3.05) is 13.1 Å². The maximum absolute atomic E-state index is 11.3. The van der Waals surface area contributed by atoms with E-state index >= 15 is 0 Å². The number of nitrogens with zero attached hydrogens (tertiary/aromatic N) is 1. The van der Waals surface area contributed by atoms with Gasteiger partial charge in [-0.25, -0.2) is 0 Å². The molecule has 2 atom stereocenters. The lowest BCUT2D eigenvalue weighted by Crippen LogP contribution is -2.49. The third-order valence-electron chi connectivity index (χ3n) is 6.34. The smallest absolute Gasteiger partial charge is 0.219 e. The first-order valence-corrected chi connectivity index (χ1v) is 10.0. The maximum atomic E-state index is 11.3. The Morgan fingerprint density at radius 3 is 2.54 bits per heavy atom. The molecule has 3 nitrogen and oxygen atoms in total. The van der Waals surface area contributed by atoms with E-state index in [4.69, 9.17) is 0 Å². The van der Waals surface area contributed by atoms with Crippen LogP contribution in [0.1, 0.15) is 63.1 Å². The number of hydrogen-bond donors (Lipinski definition) is 1. The second-order valence-corrected chi connectivity index (χ2v) is 8.83. The van der Waals surface area contributed by atoms with Gasteiger partial charge in [0.15, 0.2) is 0 Å². The van der Waals surface area contributed by atoms with Gasteiger partial charge in [-0.2, -0.15) is 0 Å². The summed E-state index contributed by atoms with van der Waals surface area (Å²) in [6.07, 6.45) is 5.69. The third kappa shape index (κ3) is 3.82. The van der Waals surface area contributed by atoms with E-state index in [0.717, 1.165) is 25.1 Å². The van der Waals surface area contributed by atoms with Gasteiger partial charge in [-0.05, 0) is 68.1 Å². The average Bonchev–Trinajstić information content (AvgIpc) is 2.49. The molecule has 0 saturated carbocycles. The van der Waals surface area contributed by atoms with Gasteiger partial charge in [0, 0.05) is 31.5 Å². The Labute approximate surface area is 158 Å². The van der Waals surface area contributed by atoms with E-state index in [2.05, 4.69) is 39.8 Å². The Morgan fingerprint density at radius 1 is 1.27 bits per heavy atom. The summed E-state index contributed by atoms with van der Waals surface area (Å²) < 4.78 is 0. The third-order valence-corrected chi connectivity index (χ3v) is 6.34. The van der Waals surface area contributed by atoms with Gasteiger partial charge in [0.05, 0.1) is 0 Å². The fraction of sp³-hybridized carbons (Fsp3) is 0.609. The molecule has 1 N–H and O–H groups in total. The summed E-state index contributed by atoms with van der Waals surface area (Å²) in [6, 6.07) is 4.22. The zero-order valence-corrected chi connectivity index (χ0v) is 16.9. The van der Waals surface area contributed by atoms with Crippen LogP contribution in [-0.4, -0.2) is 29.0 Å². The highest BCUT2D eigenvalue weighted by Crippen LogP contribution is 2.44. The second-order valence-electron chi connectivity index (χ2n) is 8.83. The maximum Gasteiger partial charge on any atom is 0.219 e. The van der Waals surface area contributed by atoms with Crippen molar-refractivity contribution in [3.8, 4) is 5.75 Å². The standard InChI is InChI=1S/C23H33NO2/c1-14(2)20-7-6-15(3)8-21(20)23-16(4)9-18(11-22(23)26)10-19-12-24(13-19)17(5)25/h8-9,11,14,19-21,26H,6-7,10,12-13H2,1-5H3. The Bertz CT molecular complexity index is 690. The summed E-state index contributed by atoms with van der Waals surface area (Å²) in [5, 5.41) is 10.9. The monoisotopic (exact) mass is 355 g/mol. The van der Waals surface area contributed by atoms with Gasteiger partial charge in [0.1, 0.15) is 5.75 Å². The van der Waals surface area contributed by atoms with E-state index in [1.807, 2.05) is 11.0 Å². The summed E-state index contributed by atoms with van der Waals surface area (Å²) in [7, 11) is 0. The molecule has 1 aromatic rings. The summed E-state index contributed by atoms with van der Waals surface area (Å²) in [5.74, 6) is 2.64. The molecular formula is C23H33NO2. The predicted molar refractivity (Wildman–Crippen MR) is 106 cm³/mol. The van der Waals surface area contributed by atoms with Crippen LogP contribution in [0.15, 0.2) is 23.8 Å². The molecule has 0 aromatic heterocycles. The number of aromatic hydroxyl groups is 1. The first-order chi connectivity index (χ1) is 12.3. The highest BCUT2D eigenvalue weighted by Gasteiger charge is 2.32. The van der Waals surface area contributed by atoms with Gasteiger partial charge >= 0.3 is 0 Å². The van der Waals surface area contributed by atoms with Crippen LogP contribution in [0.3, 0.4) is 0 Å². The quantitative estimate of drug-likeness (QED) is 0.787. The highest BCUT2D eigenvalue weighted by molar-refractivity contribution is 5.74. The van der Waals surface area contributed by atoms with Gasteiger partial charge in [0.25, 0.3) is 0 Å². The van der Waals surface area contributed by atoms with Gasteiger partial charge in [-0.3, -0.25) is 4.79 Å². The topological polar surface area (TPSA) is 40.5 Å². The first-order valence-electron chi connectivity index (χ1n) is 10.0. The molecule has 2 unspecified atom stereocenters. The molecule has 26 heavy (non-hydrogen) atoms. The first kappa shape index (κ1) is 19.0. The number of carbonyl (C=O) groups excluding carboxylic acids is 1. The van der Waals surface area contributed by atoms with Crippen molar-refractivity contribution in [3.05, 3.63) is 40.5 Å². The molecule has 2 aliphatic rings. The van der Waals surface area contributed by atoms with Crippen molar-refractivity contribution in [2.24, 2.45) is 17.8 Å². The van der Waals surface area contributed by atoms with E-state index in [-0.39, 0.29) is 5.91 Å². The van der Waals surface area contributed by atoms with E-state index in [0.29, 0.717) is 29.4 Å². The van der Waals surface area contributed by atoms with E-state index < -0.39 is 0 Å². The summed E-state index contributed by atoms with van der Waals surface area (Å²) in [4.78, 5) is 13.2. The number of allylic oxidation sites excluding steroid dienone is 2. The second kappa shape index (κ2) is 7.46. The zero-order chi connectivity index (χ0) is 19.0. The number of aryl methyl sites for hydroxylation is 1. The Morgan fingerprint density at radius 2 is 1.96 bits per heavy atom. The number of benzene rings is 1. The van der Waals surface area contributed by atoms with Crippen molar-refractivity contribution in [3.63, 3.8) is 0 Å². The lowest BCUT2D eigenvalue weighted by Gasteiger charge is -2.39. The van der Waals surface area contributed by atoms with Crippen molar-refractivity contribution >= 4 is 5.91 Å². The Kier molecular flexibility index (Phi) is 5.45. The van der Waals surface area contributed by atoms with Crippen molar-refractivity contribution in [1.29, 1.82) is 0 Å². The van der Waals surface area contributed by atoms with Gasteiger partial charge < -0.3 is 10.0 Å². The van der Waals surface area contributed by atoms with Crippen molar-refractivity contribution in [1.82, 2.24) is 4.90 Å². The Hall–Kier alpha value is -1.77. The van der Waals surface area contributed by atoms with Crippen LogP contribution in [0.2, 0.25) is 0 Å². The molecular weight excluding hydrogens is 322 g/mol. The van der Waals surface area contributed by atoms with Crippen LogP contribution in [-0.2, 0) is 11.2 Å². The lowest BCUT2D eigenvalue weighted by atomic mass is 9.71. The van der Waals surface area contributed by atoms with Crippen LogP contribution in [0.4, 0.5) is 0 Å². The summed E-state index contributed by atoms with van der Waals surface area (Å²) in [5.41, 5.74) is 4.94. The number of amides is 1. The highest BCUT2D eigenvalue weighted by atomic mass is 16.3. The molecule has 142 valence electrons. The molecule has 0 radical (unpaired) electrons. The van der Waals surface area contributed by atoms with Crippen LogP contribution in [0.5, 0.6) is 5.75 Å². The van der Waals surface area contributed by atoms with Gasteiger partial charge in [-0.1, -0.05) is 31.6 Å². The molecule has 1 heterocycles.